The first kappa shape index (κ1) is 11.6. The van der Waals surface area contributed by atoms with Gasteiger partial charge in [0.2, 0.25) is 0 Å². The highest BCUT2D eigenvalue weighted by Gasteiger charge is 2.12. The summed E-state index contributed by atoms with van der Waals surface area (Å²) in [4.78, 5) is 5.51. The van der Waals surface area contributed by atoms with Crippen molar-refractivity contribution in [2.24, 2.45) is 0 Å². The van der Waals surface area contributed by atoms with Crippen molar-refractivity contribution in [3.8, 4) is 10.6 Å². The van der Waals surface area contributed by atoms with Crippen LogP contribution in [0.4, 0.5) is 4.39 Å². The Morgan fingerprint density at radius 2 is 1.94 bits per heavy atom. The zero-order valence-electron chi connectivity index (χ0n) is 9.27. The van der Waals surface area contributed by atoms with Crippen LogP contribution in [0.3, 0.4) is 0 Å². The van der Waals surface area contributed by atoms with Crippen molar-refractivity contribution in [2.45, 2.75) is 20.8 Å². The van der Waals surface area contributed by atoms with Crippen LogP contribution in [0.25, 0.3) is 10.6 Å². The fourth-order valence-electron chi connectivity index (χ4n) is 1.40. The van der Waals surface area contributed by atoms with Crippen LogP contribution < -0.4 is 0 Å². The van der Waals surface area contributed by atoms with E-state index in [2.05, 4.69) is 4.98 Å². The lowest BCUT2D eigenvalue weighted by molar-refractivity contribution is 0.619. The van der Waals surface area contributed by atoms with Gasteiger partial charge in [-0.25, -0.2) is 9.37 Å². The van der Waals surface area contributed by atoms with E-state index in [4.69, 9.17) is 11.6 Å². The Labute approximate surface area is 103 Å². The third-order valence-electron chi connectivity index (χ3n) is 2.51. The van der Waals surface area contributed by atoms with E-state index in [-0.39, 0.29) is 5.82 Å². The molecular weight excluding hydrogens is 245 g/mol. The molecule has 0 bridgehead atoms. The zero-order chi connectivity index (χ0) is 11.9. The maximum atomic E-state index is 13.5. The Morgan fingerprint density at radius 1 is 1.25 bits per heavy atom. The molecule has 0 fully saturated rings. The molecule has 4 heteroatoms. The van der Waals surface area contributed by atoms with Gasteiger partial charge in [-0.2, -0.15) is 0 Å². The van der Waals surface area contributed by atoms with E-state index in [9.17, 15) is 4.39 Å². The van der Waals surface area contributed by atoms with Gasteiger partial charge < -0.3 is 0 Å². The van der Waals surface area contributed by atoms with Gasteiger partial charge in [-0.15, -0.1) is 11.3 Å². The number of hydrogen-bond acceptors (Lipinski definition) is 2. The Kier molecular flexibility index (Phi) is 3.00. The molecule has 0 radical (unpaired) electrons. The maximum absolute atomic E-state index is 13.5. The Bertz CT molecular complexity index is 529. The number of rotatable bonds is 1. The molecule has 0 amide bonds. The summed E-state index contributed by atoms with van der Waals surface area (Å²) in [5.41, 5.74) is 2.20. The van der Waals surface area contributed by atoms with Gasteiger partial charge in [-0.1, -0.05) is 11.6 Å². The average Bonchev–Trinajstić information content (AvgIpc) is 2.53. The number of benzene rings is 1. The first-order valence-corrected chi connectivity index (χ1v) is 6.08. The van der Waals surface area contributed by atoms with E-state index in [1.54, 1.807) is 13.0 Å². The molecule has 0 aliphatic rings. The largest absolute Gasteiger partial charge is 0.241 e. The molecule has 1 aromatic heterocycles. The van der Waals surface area contributed by atoms with E-state index in [0.717, 1.165) is 15.6 Å². The van der Waals surface area contributed by atoms with Crippen LogP contribution in [0.2, 0.25) is 5.02 Å². The highest BCUT2D eigenvalue weighted by molar-refractivity contribution is 7.15. The SMILES string of the molecule is Cc1cc(Cl)c(-c2nc(C)c(C)s2)cc1F. The predicted molar refractivity (Wildman–Crippen MR) is 66.7 cm³/mol. The van der Waals surface area contributed by atoms with Gasteiger partial charge in [0, 0.05) is 10.4 Å². The number of hydrogen-bond donors (Lipinski definition) is 0. The zero-order valence-corrected chi connectivity index (χ0v) is 10.8. The van der Waals surface area contributed by atoms with Crippen LogP contribution >= 0.6 is 22.9 Å². The van der Waals surface area contributed by atoms with E-state index in [1.165, 1.54) is 17.4 Å². The molecule has 0 atom stereocenters. The first-order chi connectivity index (χ1) is 7.49. The van der Waals surface area contributed by atoms with E-state index >= 15 is 0 Å². The van der Waals surface area contributed by atoms with Gasteiger partial charge in [0.15, 0.2) is 0 Å². The van der Waals surface area contributed by atoms with Crippen molar-refractivity contribution in [1.82, 2.24) is 4.98 Å². The van der Waals surface area contributed by atoms with Gasteiger partial charge in [-0.3, -0.25) is 0 Å². The molecule has 2 rings (SSSR count). The summed E-state index contributed by atoms with van der Waals surface area (Å²) >= 11 is 7.63. The first-order valence-electron chi connectivity index (χ1n) is 4.89. The van der Waals surface area contributed by atoms with Gasteiger partial charge in [-0.05, 0) is 38.5 Å². The monoisotopic (exact) mass is 255 g/mol. The second-order valence-electron chi connectivity index (χ2n) is 3.74. The van der Waals surface area contributed by atoms with Crippen LogP contribution in [-0.2, 0) is 0 Å². The van der Waals surface area contributed by atoms with Crippen molar-refractivity contribution in [1.29, 1.82) is 0 Å². The highest BCUT2D eigenvalue weighted by atomic mass is 35.5. The van der Waals surface area contributed by atoms with Crippen molar-refractivity contribution in [3.63, 3.8) is 0 Å². The van der Waals surface area contributed by atoms with E-state index in [0.29, 0.717) is 16.1 Å². The molecule has 2 aromatic rings. The average molecular weight is 256 g/mol. The van der Waals surface area contributed by atoms with E-state index in [1.807, 2.05) is 13.8 Å². The van der Waals surface area contributed by atoms with Crippen LogP contribution in [0, 0.1) is 26.6 Å². The third-order valence-corrected chi connectivity index (χ3v) is 3.93. The topological polar surface area (TPSA) is 12.9 Å². The maximum Gasteiger partial charge on any atom is 0.126 e. The Hall–Kier alpha value is -0.930. The number of aromatic nitrogens is 1. The molecular formula is C12H11ClFNS. The van der Waals surface area contributed by atoms with Crippen LogP contribution in [0.15, 0.2) is 12.1 Å². The second-order valence-corrected chi connectivity index (χ2v) is 5.35. The molecule has 0 N–H and O–H groups in total. The third kappa shape index (κ3) is 1.97. The van der Waals surface area contributed by atoms with Crippen molar-refractivity contribution >= 4 is 22.9 Å². The van der Waals surface area contributed by atoms with Gasteiger partial charge in [0.05, 0.1) is 10.7 Å². The lowest BCUT2D eigenvalue weighted by Crippen LogP contribution is -1.86. The molecule has 0 saturated heterocycles. The molecule has 84 valence electrons. The fraction of sp³-hybridized carbons (Fsp3) is 0.250. The number of halogens is 2. The quantitative estimate of drug-likeness (QED) is 0.730. The summed E-state index contributed by atoms with van der Waals surface area (Å²) in [6.45, 7) is 5.63. The standard InChI is InChI=1S/C12H11ClFNS/c1-6-4-10(13)9(5-11(6)14)12-15-7(2)8(3)16-12/h4-5H,1-3H3. The van der Waals surface area contributed by atoms with Crippen LogP contribution in [0.5, 0.6) is 0 Å². The summed E-state index contributed by atoms with van der Waals surface area (Å²) < 4.78 is 13.5. The highest BCUT2D eigenvalue weighted by Crippen LogP contribution is 2.33. The summed E-state index contributed by atoms with van der Waals surface area (Å²) in [5, 5.41) is 1.33. The molecule has 0 unspecified atom stereocenters. The molecule has 0 spiro atoms. The summed E-state index contributed by atoms with van der Waals surface area (Å²) in [5.74, 6) is -0.245. The summed E-state index contributed by atoms with van der Waals surface area (Å²) in [7, 11) is 0. The van der Waals surface area contributed by atoms with Crippen molar-refractivity contribution in [2.75, 3.05) is 0 Å². The van der Waals surface area contributed by atoms with Crippen molar-refractivity contribution in [3.05, 3.63) is 39.1 Å². The number of aryl methyl sites for hydroxylation is 3. The smallest absolute Gasteiger partial charge is 0.126 e. The van der Waals surface area contributed by atoms with Gasteiger partial charge in [0.1, 0.15) is 10.8 Å². The van der Waals surface area contributed by atoms with Crippen LogP contribution in [0.1, 0.15) is 16.1 Å². The Balaban J connectivity index is 2.60. The molecule has 0 aliphatic heterocycles. The van der Waals surface area contributed by atoms with Crippen LogP contribution in [-0.4, -0.2) is 4.98 Å². The number of thiazole rings is 1. The normalized spacial score (nSPS) is 10.8. The minimum atomic E-state index is -0.245. The minimum absolute atomic E-state index is 0.245. The second kappa shape index (κ2) is 4.15. The van der Waals surface area contributed by atoms with Gasteiger partial charge in [0.25, 0.3) is 0 Å². The molecule has 0 saturated carbocycles. The molecule has 1 nitrogen and oxygen atoms in total. The van der Waals surface area contributed by atoms with E-state index < -0.39 is 0 Å². The Morgan fingerprint density at radius 3 is 2.50 bits per heavy atom. The summed E-state index contributed by atoms with van der Waals surface area (Å²) in [6, 6.07) is 3.09. The van der Waals surface area contributed by atoms with Gasteiger partial charge >= 0.3 is 0 Å². The predicted octanol–water partition coefficient (Wildman–Crippen LogP) is 4.53. The lowest BCUT2D eigenvalue weighted by atomic mass is 10.1. The molecule has 1 aromatic carbocycles. The number of nitrogens with zero attached hydrogens (tertiary/aromatic N) is 1. The lowest BCUT2D eigenvalue weighted by Gasteiger charge is -2.03. The summed E-state index contributed by atoms with van der Waals surface area (Å²) in [6.07, 6.45) is 0. The fourth-order valence-corrected chi connectivity index (χ4v) is 2.71. The molecule has 0 aliphatic carbocycles. The molecule has 1 heterocycles. The minimum Gasteiger partial charge on any atom is -0.241 e. The van der Waals surface area contributed by atoms with Crippen molar-refractivity contribution < 1.29 is 4.39 Å². The molecule has 16 heavy (non-hydrogen) atoms.